The third-order valence-electron chi connectivity index (χ3n) is 4.00. The Hall–Kier alpha value is -3.21. The fourth-order valence-corrected chi connectivity index (χ4v) is 2.64. The van der Waals surface area contributed by atoms with Crippen molar-refractivity contribution in [2.45, 2.75) is 19.6 Å². The second kappa shape index (κ2) is 8.43. The molecule has 0 aromatic carbocycles. The Bertz CT molecular complexity index is 1020. The molecule has 29 heavy (non-hydrogen) atoms. The molecule has 0 fully saturated rings. The van der Waals surface area contributed by atoms with Gasteiger partial charge >= 0.3 is 6.18 Å². The van der Waals surface area contributed by atoms with Crippen LogP contribution in [0.2, 0.25) is 0 Å². The number of hydrogen-bond acceptors (Lipinski definition) is 6. The number of aryl methyl sites for hydroxylation is 1. The average Bonchev–Trinajstić information content (AvgIpc) is 3.08. The summed E-state index contributed by atoms with van der Waals surface area (Å²) in [7, 11) is 0. The number of rotatable bonds is 7. The SMILES string of the molecule is Cc1cc(OCC(F)(F)F)ncc1Cn1cc2c(C(=O)NCCO)nccc2n1. The van der Waals surface area contributed by atoms with Gasteiger partial charge in [0.25, 0.3) is 5.91 Å². The maximum atomic E-state index is 12.3. The van der Waals surface area contributed by atoms with Crippen LogP contribution in [0.25, 0.3) is 10.9 Å². The van der Waals surface area contributed by atoms with Gasteiger partial charge in [-0.05, 0) is 24.1 Å². The number of alkyl halides is 3. The van der Waals surface area contributed by atoms with Crippen LogP contribution < -0.4 is 10.1 Å². The van der Waals surface area contributed by atoms with E-state index < -0.39 is 18.7 Å². The van der Waals surface area contributed by atoms with E-state index in [1.54, 1.807) is 23.9 Å². The molecule has 0 spiro atoms. The summed E-state index contributed by atoms with van der Waals surface area (Å²) in [6.07, 6.45) is 0.121. The first-order valence-corrected chi connectivity index (χ1v) is 8.63. The van der Waals surface area contributed by atoms with Crippen LogP contribution in [-0.2, 0) is 6.54 Å². The van der Waals surface area contributed by atoms with Crippen molar-refractivity contribution in [2.75, 3.05) is 19.8 Å². The van der Waals surface area contributed by atoms with Gasteiger partial charge in [0.05, 0.1) is 24.1 Å². The summed E-state index contributed by atoms with van der Waals surface area (Å²) in [6, 6.07) is 3.09. The number of carbonyl (C=O) groups is 1. The highest BCUT2D eigenvalue weighted by Crippen LogP contribution is 2.21. The Balaban J connectivity index is 1.79. The van der Waals surface area contributed by atoms with Crippen LogP contribution in [-0.4, -0.2) is 56.7 Å². The number of aliphatic hydroxyl groups excluding tert-OH is 1. The topological polar surface area (TPSA) is 102 Å². The second-order valence-electron chi connectivity index (χ2n) is 6.25. The largest absolute Gasteiger partial charge is 0.468 e. The van der Waals surface area contributed by atoms with E-state index in [9.17, 15) is 18.0 Å². The highest BCUT2D eigenvalue weighted by atomic mass is 19.4. The number of fused-ring (bicyclic) bond motifs is 1. The molecular weight excluding hydrogens is 391 g/mol. The van der Waals surface area contributed by atoms with E-state index in [4.69, 9.17) is 5.11 Å². The fourth-order valence-electron chi connectivity index (χ4n) is 2.64. The van der Waals surface area contributed by atoms with Crippen molar-refractivity contribution in [3.63, 3.8) is 0 Å². The maximum Gasteiger partial charge on any atom is 0.422 e. The molecule has 3 aromatic rings. The van der Waals surface area contributed by atoms with Gasteiger partial charge in [0.2, 0.25) is 5.88 Å². The molecule has 0 aliphatic rings. The van der Waals surface area contributed by atoms with E-state index in [1.807, 2.05) is 0 Å². The lowest BCUT2D eigenvalue weighted by Crippen LogP contribution is -2.27. The van der Waals surface area contributed by atoms with E-state index in [-0.39, 0.29) is 24.7 Å². The Morgan fingerprint density at radius 2 is 2.14 bits per heavy atom. The number of amides is 1. The molecular formula is C18H18F3N5O3. The van der Waals surface area contributed by atoms with Crippen LogP contribution >= 0.6 is 0 Å². The Morgan fingerprint density at radius 3 is 2.83 bits per heavy atom. The summed E-state index contributed by atoms with van der Waals surface area (Å²) in [5.41, 5.74) is 2.17. The summed E-state index contributed by atoms with van der Waals surface area (Å²) < 4.78 is 43.0. The van der Waals surface area contributed by atoms with Gasteiger partial charge in [-0.15, -0.1) is 0 Å². The lowest BCUT2D eigenvalue weighted by molar-refractivity contribution is -0.154. The first kappa shape index (κ1) is 20.5. The van der Waals surface area contributed by atoms with Crippen LogP contribution in [0.1, 0.15) is 21.6 Å². The summed E-state index contributed by atoms with van der Waals surface area (Å²) in [5.74, 6) is -0.533. The zero-order valence-corrected chi connectivity index (χ0v) is 15.4. The first-order chi connectivity index (χ1) is 13.8. The van der Waals surface area contributed by atoms with Crippen LogP contribution in [0.4, 0.5) is 13.2 Å². The number of aliphatic hydroxyl groups is 1. The van der Waals surface area contributed by atoms with Gasteiger partial charge in [-0.1, -0.05) is 0 Å². The molecule has 8 nitrogen and oxygen atoms in total. The van der Waals surface area contributed by atoms with Crippen LogP contribution in [0.15, 0.2) is 30.7 Å². The van der Waals surface area contributed by atoms with Crippen molar-refractivity contribution in [3.8, 4) is 5.88 Å². The molecule has 0 saturated heterocycles. The molecule has 0 aliphatic carbocycles. The molecule has 2 N–H and O–H groups in total. The number of carbonyl (C=O) groups excluding carboxylic acids is 1. The molecule has 3 heterocycles. The fraction of sp³-hybridized carbons (Fsp3) is 0.333. The van der Waals surface area contributed by atoms with Crippen molar-refractivity contribution < 1.29 is 27.8 Å². The molecule has 0 unspecified atom stereocenters. The molecule has 0 atom stereocenters. The average molecular weight is 409 g/mol. The summed E-state index contributed by atoms with van der Waals surface area (Å²) in [5, 5.41) is 16.3. The smallest absolute Gasteiger partial charge is 0.422 e. The zero-order valence-electron chi connectivity index (χ0n) is 15.4. The Morgan fingerprint density at radius 1 is 1.34 bits per heavy atom. The minimum absolute atomic E-state index is 0.110. The third-order valence-corrected chi connectivity index (χ3v) is 4.00. The van der Waals surface area contributed by atoms with Gasteiger partial charge in [0, 0.05) is 31.2 Å². The summed E-state index contributed by atoms with van der Waals surface area (Å²) >= 11 is 0. The molecule has 0 aliphatic heterocycles. The summed E-state index contributed by atoms with van der Waals surface area (Å²) in [4.78, 5) is 20.2. The molecule has 11 heteroatoms. The molecule has 1 amide bonds. The van der Waals surface area contributed by atoms with Crippen molar-refractivity contribution in [1.82, 2.24) is 25.1 Å². The third kappa shape index (κ3) is 5.19. The molecule has 0 radical (unpaired) electrons. The summed E-state index contributed by atoms with van der Waals surface area (Å²) in [6.45, 7) is 0.548. The van der Waals surface area contributed by atoms with E-state index in [2.05, 4.69) is 25.1 Å². The molecule has 0 saturated carbocycles. The standard InChI is InChI=1S/C18H18F3N5O3/c1-11-6-15(29-10-18(19,20)21)24-7-12(11)8-26-9-13-14(25-26)2-3-22-16(13)17(28)23-4-5-27/h2-3,6-7,9,27H,4-5,8,10H2,1H3,(H,23,28). The number of ether oxygens (including phenoxy) is 1. The minimum atomic E-state index is -4.43. The number of hydrogen-bond donors (Lipinski definition) is 2. The molecule has 0 bridgehead atoms. The zero-order chi connectivity index (χ0) is 21.0. The highest BCUT2D eigenvalue weighted by Gasteiger charge is 2.28. The first-order valence-electron chi connectivity index (χ1n) is 8.63. The van der Waals surface area contributed by atoms with E-state index in [0.29, 0.717) is 23.0 Å². The molecule has 3 rings (SSSR count). The van der Waals surface area contributed by atoms with Gasteiger partial charge in [-0.25, -0.2) is 4.98 Å². The van der Waals surface area contributed by atoms with Crippen molar-refractivity contribution in [1.29, 1.82) is 0 Å². The van der Waals surface area contributed by atoms with Crippen LogP contribution in [0.3, 0.4) is 0 Å². The number of aromatic nitrogens is 4. The van der Waals surface area contributed by atoms with Crippen molar-refractivity contribution >= 4 is 16.8 Å². The highest BCUT2D eigenvalue weighted by molar-refractivity contribution is 6.04. The lowest BCUT2D eigenvalue weighted by Gasteiger charge is -2.11. The van der Waals surface area contributed by atoms with E-state index in [0.717, 1.165) is 5.56 Å². The number of nitrogens with zero attached hydrogens (tertiary/aromatic N) is 4. The predicted octanol–water partition coefficient (Wildman–Crippen LogP) is 1.85. The van der Waals surface area contributed by atoms with Gasteiger partial charge in [0.1, 0.15) is 5.69 Å². The van der Waals surface area contributed by atoms with Crippen LogP contribution in [0.5, 0.6) is 5.88 Å². The van der Waals surface area contributed by atoms with Crippen molar-refractivity contribution in [2.24, 2.45) is 0 Å². The number of halogens is 3. The predicted molar refractivity (Wildman–Crippen MR) is 96.6 cm³/mol. The van der Waals surface area contributed by atoms with Gasteiger partial charge in [0.15, 0.2) is 6.61 Å². The van der Waals surface area contributed by atoms with E-state index >= 15 is 0 Å². The number of nitrogens with one attached hydrogen (secondary N) is 1. The normalized spacial score (nSPS) is 11.6. The molecule has 154 valence electrons. The van der Waals surface area contributed by atoms with Gasteiger partial charge in [-0.3, -0.25) is 14.5 Å². The maximum absolute atomic E-state index is 12.3. The number of pyridine rings is 2. The second-order valence-corrected chi connectivity index (χ2v) is 6.25. The lowest BCUT2D eigenvalue weighted by atomic mass is 10.1. The van der Waals surface area contributed by atoms with Gasteiger partial charge in [-0.2, -0.15) is 18.3 Å². The molecule has 3 aromatic heterocycles. The Labute approximate surface area is 163 Å². The Kier molecular flexibility index (Phi) is 5.97. The quantitative estimate of drug-likeness (QED) is 0.618. The van der Waals surface area contributed by atoms with Gasteiger partial charge < -0.3 is 15.2 Å². The van der Waals surface area contributed by atoms with Crippen molar-refractivity contribution in [3.05, 3.63) is 47.5 Å². The van der Waals surface area contributed by atoms with Crippen LogP contribution in [0, 0.1) is 6.92 Å². The van der Waals surface area contributed by atoms with E-state index in [1.165, 1.54) is 18.5 Å². The monoisotopic (exact) mass is 409 g/mol. The minimum Gasteiger partial charge on any atom is -0.468 e.